The Balaban J connectivity index is 1.86. The van der Waals surface area contributed by atoms with Gasteiger partial charge in [0.2, 0.25) is 5.91 Å². The summed E-state index contributed by atoms with van der Waals surface area (Å²) in [4.78, 5) is 19.2. The minimum absolute atomic E-state index is 0.0154. The summed E-state index contributed by atoms with van der Waals surface area (Å²) in [6.45, 7) is 6.21. The summed E-state index contributed by atoms with van der Waals surface area (Å²) in [5, 5.41) is 4.36. The minimum Gasteiger partial charge on any atom is -0.494 e. The van der Waals surface area contributed by atoms with Crippen molar-refractivity contribution in [3.05, 3.63) is 35.7 Å². The molecule has 3 rings (SSSR count). The van der Waals surface area contributed by atoms with E-state index in [1.54, 1.807) is 17.0 Å². The van der Waals surface area contributed by atoms with Gasteiger partial charge in [0.15, 0.2) is 11.6 Å². The lowest BCUT2D eigenvalue weighted by Crippen LogP contribution is -2.43. The number of nitrogens with zero attached hydrogens (tertiary/aromatic N) is 4. The fourth-order valence-corrected chi connectivity index (χ4v) is 3.32. The lowest BCUT2D eigenvalue weighted by atomic mass is 9.97. The lowest BCUT2D eigenvalue weighted by Gasteiger charge is -2.32. The molecule has 1 atom stereocenters. The van der Waals surface area contributed by atoms with E-state index in [4.69, 9.17) is 4.74 Å². The molecule has 0 fully saturated rings. The third kappa shape index (κ3) is 3.36. The molecular weight excluding hydrogens is 323 g/mol. The number of methoxy groups -OCH3 is 1. The molecule has 1 aliphatic heterocycles. The van der Waals surface area contributed by atoms with Crippen LogP contribution in [0.4, 0.5) is 10.1 Å². The van der Waals surface area contributed by atoms with Crippen molar-refractivity contribution < 1.29 is 13.9 Å². The second kappa shape index (κ2) is 6.82. The molecule has 1 unspecified atom stereocenters. The number of carbonyl (C=O) groups is 1. The van der Waals surface area contributed by atoms with Crippen molar-refractivity contribution in [1.29, 1.82) is 0 Å². The number of carbonyl (C=O) groups excluding carboxylic acids is 1. The topological polar surface area (TPSA) is 60.2 Å². The molecule has 1 aromatic heterocycles. The zero-order chi connectivity index (χ0) is 18.1. The molecule has 0 radical (unpaired) electrons. The molecule has 1 aromatic carbocycles. The summed E-state index contributed by atoms with van der Waals surface area (Å²) in [5.74, 6) is 1.13. The number of benzene rings is 1. The van der Waals surface area contributed by atoms with Crippen LogP contribution in [0, 0.1) is 18.7 Å². The molecule has 7 heteroatoms. The first-order valence-electron chi connectivity index (χ1n) is 8.47. The van der Waals surface area contributed by atoms with Crippen LogP contribution in [-0.2, 0) is 17.8 Å². The van der Waals surface area contributed by atoms with Crippen LogP contribution in [0.1, 0.15) is 31.9 Å². The van der Waals surface area contributed by atoms with E-state index in [9.17, 15) is 9.18 Å². The quantitative estimate of drug-likeness (QED) is 0.854. The van der Waals surface area contributed by atoms with Crippen LogP contribution in [0.5, 0.6) is 5.75 Å². The largest absolute Gasteiger partial charge is 0.494 e. The number of rotatable bonds is 4. The second-order valence-electron chi connectivity index (χ2n) is 6.61. The summed E-state index contributed by atoms with van der Waals surface area (Å²) in [6.07, 6.45) is 1.44. The third-order valence-corrected chi connectivity index (χ3v) is 4.48. The van der Waals surface area contributed by atoms with Crippen LogP contribution in [-0.4, -0.2) is 33.8 Å². The Morgan fingerprint density at radius 1 is 1.44 bits per heavy atom. The maximum absolute atomic E-state index is 14.1. The SMILES string of the molecule is COc1ccc(N(C(=O)C2CCc3nc(C)nn3C2)C(C)C)cc1F. The van der Waals surface area contributed by atoms with Gasteiger partial charge in [0, 0.05) is 24.2 Å². The maximum Gasteiger partial charge on any atom is 0.232 e. The molecule has 1 amide bonds. The van der Waals surface area contributed by atoms with Crippen molar-refractivity contribution in [3.63, 3.8) is 0 Å². The van der Waals surface area contributed by atoms with E-state index in [0.29, 0.717) is 12.2 Å². The fraction of sp³-hybridized carbons (Fsp3) is 0.500. The van der Waals surface area contributed by atoms with Crippen molar-refractivity contribution in [2.24, 2.45) is 5.92 Å². The van der Waals surface area contributed by atoms with Gasteiger partial charge in [-0.1, -0.05) is 0 Å². The average Bonchev–Trinajstić information content (AvgIpc) is 2.93. The van der Waals surface area contributed by atoms with Crippen LogP contribution < -0.4 is 9.64 Å². The molecule has 0 N–H and O–H groups in total. The highest BCUT2D eigenvalue weighted by Gasteiger charge is 2.32. The number of anilines is 1. The van der Waals surface area contributed by atoms with E-state index < -0.39 is 5.82 Å². The van der Waals surface area contributed by atoms with Gasteiger partial charge >= 0.3 is 0 Å². The number of halogens is 1. The Morgan fingerprint density at radius 3 is 2.84 bits per heavy atom. The highest BCUT2D eigenvalue weighted by molar-refractivity contribution is 5.95. The summed E-state index contributed by atoms with van der Waals surface area (Å²) >= 11 is 0. The van der Waals surface area contributed by atoms with Crippen LogP contribution in [0.3, 0.4) is 0 Å². The number of ether oxygens (including phenoxy) is 1. The lowest BCUT2D eigenvalue weighted by molar-refractivity contribution is -0.123. The van der Waals surface area contributed by atoms with E-state index in [2.05, 4.69) is 10.1 Å². The van der Waals surface area contributed by atoms with Crippen LogP contribution in [0.15, 0.2) is 18.2 Å². The van der Waals surface area contributed by atoms with Gasteiger partial charge in [-0.25, -0.2) is 14.1 Å². The summed E-state index contributed by atoms with van der Waals surface area (Å²) in [6, 6.07) is 4.53. The Labute approximate surface area is 146 Å². The van der Waals surface area contributed by atoms with Crippen molar-refractivity contribution in [2.45, 2.75) is 46.2 Å². The van der Waals surface area contributed by atoms with Gasteiger partial charge in [-0.05, 0) is 39.3 Å². The van der Waals surface area contributed by atoms with Crippen molar-refractivity contribution >= 4 is 11.6 Å². The summed E-state index contributed by atoms with van der Waals surface area (Å²) in [5.41, 5.74) is 0.541. The number of hydrogen-bond acceptors (Lipinski definition) is 4. The molecule has 0 bridgehead atoms. The van der Waals surface area contributed by atoms with Crippen molar-refractivity contribution in [1.82, 2.24) is 14.8 Å². The van der Waals surface area contributed by atoms with Crippen LogP contribution in [0.25, 0.3) is 0 Å². The molecule has 0 saturated heterocycles. The monoisotopic (exact) mass is 346 g/mol. The minimum atomic E-state index is -0.476. The Bertz CT molecular complexity index is 787. The Morgan fingerprint density at radius 2 is 2.20 bits per heavy atom. The van der Waals surface area contributed by atoms with Gasteiger partial charge in [0.05, 0.1) is 19.6 Å². The van der Waals surface area contributed by atoms with E-state index in [-0.39, 0.29) is 23.6 Å². The van der Waals surface area contributed by atoms with Gasteiger partial charge in [0.1, 0.15) is 11.6 Å². The molecule has 2 heterocycles. The van der Waals surface area contributed by atoms with Crippen LogP contribution >= 0.6 is 0 Å². The van der Waals surface area contributed by atoms with Gasteiger partial charge in [-0.15, -0.1) is 0 Å². The predicted molar refractivity (Wildman–Crippen MR) is 92.1 cm³/mol. The molecule has 6 nitrogen and oxygen atoms in total. The summed E-state index contributed by atoms with van der Waals surface area (Å²) in [7, 11) is 1.42. The average molecular weight is 346 g/mol. The predicted octanol–water partition coefficient (Wildman–Crippen LogP) is 2.74. The molecule has 0 aliphatic carbocycles. The van der Waals surface area contributed by atoms with Crippen molar-refractivity contribution in [2.75, 3.05) is 12.0 Å². The normalized spacial score (nSPS) is 16.6. The van der Waals surface area contributed by atoms with Crippen LogP contribution in [0.2, 0.25) is 0 Å². The number of aryl methyl sites for hydroxylation is 2. The van der Waals surface area contributed by atoms with Gasteiger partial charge in [0.25, 0.3) is 0 Å². The van der Waals surface area contributed by atoms with Gasteiger partial charge < -0.3 is 9.64 Å². The van der Waals surface area contributed by atoms with E-state index in [1.165, 1.54) is 13.2 Å². The molecular formula is C18H23FN4O2. The second-order valence-corrected chi connectivity index (χ2v) is 6.61. The van der Waals surface area contributed by atoms with E-state index >= 15 is 0 Å². The zero-order valence-corrected chi connectivity index (χ0v) is 15.0. The third-order valence-electron chi connectivity index (χ3n) is 4.48. The molecule has 0 spiro atoms. The number of hydrogen-bond donors (Lipinski definition) is 0. The number of amides is 1. The molecule has 2 aromatic rings. The van der Waals surface area contributed by atoms with E-state index in [1.807, 2.05) is 25.5 Å². The number of aromatic nitrogens is 3. The number of fused-ring (bicyclic) bond motifs is 1. The molecule has 1 aliphatic rings. The molecule has 25 heavy (non-hydrogen) atoms. The highest BCUT2D eigenvalue weighted by Crippen LogP contribution is 2.28. The first kappa shape index (κ1) is 17.4. The Kier molecular flexibility index (Phi) is 4.74. The fourth-order valence-electron chi connectivity index (χ4n) is 3.32. The van der Waals surface area contributed by atoms with E-state index in [0.717, 1.165) is 24.5 Å². The summed E-state index contributed by atoms with van der Waals surface area (Å²) < 4.78 is 20.9. The van der Waals surface area contributed by atoms with Crippen molar-refractivity contribution in [3.8, 4) is 5.75 Å². The van der Waals surface area contributed by atoms with Gasteiger partial charge in [-0.3, -0.25) is 4.79 Å². The standard InChI is InChI=1S/C18H23FN4O2/c1-11(2)23(14-6-7-16(25-4)15(19)9-14)18(24)13-5-8-17-20-12(3)21-22(17)10-13/h6-7,9,11,13H,5,8,10H2,1-4H3. The maximum atomic E-state index is 14.1. The highest BCUT2D eigenvalue weighted by atomic mass is 19.1. The first-order chi connectivity index (χ1) is 11.9. The smallest absolute Gasteiger partial charge is 0.232 e. The first-order valence-corrected chi connectivity index (χ1v) is 8.47. The zero-order valence-electron chi connectivity index (χ0n) is 15.0. The molecule has 0 saturated carbocycles. The Hall–Kier alpha value is -2.44. The van der Waals surface area contributed by atoms with Gasteiger partial charge in [-0.2, -0.15) is 5.10 Å². The molecule has 134 valence electrons.